The van der Waals surface area contributed by atoms with Gasteiger partial charge in [0.25, 0.3) is 0 Å². The van der Waals surface area contributed by atoms with E-state index in [0.29, 0.717) is 18.7 Å². The van der Waals surface area contributed by atoms with Crippen molar-refractivity contribution in [1.29, 1.82) is 0 Å². The highest BCUT2D eigenvalue weighted by Crippen LogP contribution is 2.32. The van der Waals surface area contributed by atoms with Crippen LogP contribution in [0.4, 0.5) is 10.5 Å². The minimum Gasteiger partial charge on any atom is -0.465 e. The number of ether oxygens (including phenoxy) is 2. The molecule has 0 atom stereocenters. The SMILES string of the molecule is COC(=O)c1cccc(N2CC(OC(=O)NC3CC3)C2)c1-n1cccc1. The van der Waals surface area contributed by atoms with Crippen molar-refractivity contribution in [3.05, 3.63) is 48.3 Å². The van der Waals surface area contributed by atoms with Crippen molar-refractivity contribution in [1.82, 2.24) is 9.88 Å². The number of aromatic nitrogens is 1. The Hall–Kier alpha value is -2.96. The predicted octanol–water partition coefficient (Wildman–Crippen LogP) is 2.34. The van der Waals surface area contributed by atoms with E-state index >= 15 is 0 Å². The lowest BCUT2D eigenvalue weighted by molar-refractivity contribution is 0.0600. The van der Waals surface area contributed by atoms with Crippen LogP contribution in [0.2, 0.25) is 0 Å². The van der Waals surface area contributed by atoms with Crippen LogP contribution < -0.4 is 10.2 Å². The molecule has 2 aromatic rings. The van der Waals surface area contributed by atoms with Gasteiger partial charge < -0.3 is 24.3 Å². The minimum absolute atomic E-state index is 0.145. The van der Waals surface area contributed by atoms with Crippen molar-refractivity contribution >= 4 is 17.7 Å². The van der Waals surface area contributed by atoms with E-state index in [1.54, 1.807) is 6.07 Å². The summed E-state index contributed by atoms with van der Waals surface area (Å²) in [5.41, 5.74) is 2.17. The number of hydrogen-bond donors (Lipinski definition) is 1. The fourth-order valence-electron chi connectivity index (χ4n) is 3.11. The first-order valence-corrected chi connectivity index (χ1v) is 8.72. The van der Waals surface area contributed by atoms with Crippen LogP contribution >= 0.6 is 0 Å². The number of hydrogen-bond acceptors (Lipinski definition) is 5. The minimum atomic E-state index is -0.382. The Morgan fingerprint density at radius 3 is 2.50 bits per heavy atom. The topological polar surface area (TPSA) is 72.8 Å². The van der Waals surface area contributed by atoms with Crippen molar-refractivity contribution in [2.45, 2.75) is 25.0 Å². The molecule has 1 aliphatic carbocycles. The lowest BCUT2D eigenvalue weighted by atomic mass is 10.1. The van der Waals surface area contributed by atoms with Crippen LogP contribution in [-0.2, 0) is 9.47 Å². The number of rotatable bonds is 5. The zero-order valence-electron chi connectivity index (χ0n) is 14.6. The largest absolute Gasteiger partial charge is 0.465 e. The van der Waals surface area contributed by atoms with Gasteiger partial charge in [-0.15, -0.1) is 0 Å². The number of alkyl carbamates (subject to hydrolysis) is 1. The van der Waals surface area contributed by atoms with E-state index in [0.717, 1.165) is 24.2 Å². The first-order valence-electron chi connectivity index (χ1n) is 8.72. The first kappa shape index (κ1) is 16.5. The van der Waals surface area contributed by atoms with Crippen molar-refractivity contribution in [3.63, 3.8) is 0 Å². The fourth-order valence-corrected chi connectivity index (χ4v) is 3.11. The second kappa shape index (κ2) is 6.74. The summed E-state index contributed by atoms with van der Waals surface area (Å²) in [7, 11) is 1.38. The predicted molar refractivity (Wildman–Crippen MR) is 95.7 cm³/mol. The number of esters is 1. The van der Waals surface area contributed by atoms with Crippen molar-refractivity contribution in [2.24, 2.45) is 0 Å². The molecule has 1 N–H and O–H groups in total. The normalized spacial score (nSPS) is 16.7. The Balaban J connectivity index is 1.52. The standard InChI is InChI=1S/C19H21N3O4/c1-25-18(23)15-5-4-6-16(17(15)21-9-2-3-10-21)22-11-14(12-22)26-19(24)20-13-7-8-13/h2-6,9-10,13-14H,7-8,11-12H2,1H3,(H,20,24). The molecule has 0 radical (unpaired) electrons. The fraction of sp³-hybridized carbons (Fsp3) is 0.368. The number of anilines is 1. The van der Waals surface area contributed by atoms with Gasteiger partial charge in [-0.3, -0.25) is 0 Å². The maximum atomic E-state index is 12.2. The monoisotopic (exact) mass is 355 g/mol. The van der Waals surface area contributed by atoms with Crippen LogP contribution in [0.3, 0.4) is 0 Å². The molecule has 0 unspecified atom stereocenters. The van der Waals surface area contributed by atoms with Crippen LogP contribution in [0, 0.1) is 0 Å². The van der Waals surface area contributed by atoms with E-state index in [1.807, 2.05) is 41.2 Å². The molecule has 1 amide bonds. The summed E-state index contributed by atoms with van der Waals surface area (Å²) < 4.78 is 12.3. The molecule has 0 spiro atoms. The second-order valence-electron chi connectivity index (χ2n) is 6.61. The van der Waals surface area contributed by atoms with E-state index in [2.05, 4.69) is 10.2 Å². The van der Waals surface area contributed by atoms with Crippen LogP contribution in [0.5, 0.6) is 0 Å². The third-order valence-electron chi connectivity index (χ3n) is 4.64. The lowest BCUT2D eigenvalue weighted by Gasteiger charge is -2.41. The number of para-hydroxylation sites is 1. The average molecular weight is 355 g/mol. The van der Waals surface area contributed by atoms with Gasteiger partial charge in [0, 0.05) is 18.4 Å². The van der Waals surface area contributed by atoms with Gasteiger partial charge in [-0.05, 0) is 37.1 Å². The number of amides is 1. The summed E-state index contributed by atoms with van der Waals surface area (Å²) in [4.78, 5) is 26.1. The molecule has 0 bridgehead atoms. The molecule has 26 heavy (non-hydrogen) atoms. The van der Waals surface area contributed by atoms with Crippen LogP contribution in [0.1, 0.15) is 23.2 Å². The molecule has 2 fully saturated rings. The summed E-state index contributed by atoms with van der Waals surface area (Å²) >= 11 is 0. The third kappa shape index (κ3) is 3.24. The highest BCUT2D eigenvalue weighted by atomic mass is 16.6. The summed E-state index contributed by atoms with van der Waals surface area (Å²) in [6, 6.07) is 9.65. The Kier molecular flexibility index (Phi) is 4.28. The third-order valence-corrected chi connectivity index (χ3v) is 4.64. The van der Waals surface area contributed by atoms with Gasteiger partial charge >= 0.3 is 12.1 Å². The van der Waals surface area contributed by atoms with E-state index < -0.39 is 0 Å². The zero-order valence-corrected chi connectivity index (χ0v) is 14.6. The number of methoxy groups -OCH3 is 1. The molecule has 2 aliphatic rings. The Labute approximate surface area is 151 Å². The molecule has 1 aromatic carbocycles. The van der Waals surface area contributed by atoms with E-state index in [-0.39, 0.29) is 24.2 Å². The number of carbonyl (C=O) groups excluding carboxylic acids is 2. The Morgan fingerprint density at radius 1 is 1.12 bits per heavy atom. The number of nitrogens with one attached hydrogen (secondary N) is 1. The molecular formula is C19H21N3O4. The summed E-state index contributed by atoms with van der Waals surface area (Å²) in [6.45, 7) is 1.19. The van der Waals surface area contributed by atoms with Gasteiger partial charge in [-0.2, -0.15) is 0 Å². The Bertz CT molecular complexity index is 808. The number of nitrogens with zero attached hydrogens (tertiary/aromatic N) is 2. The van der Waals surface area contributed by atoms with Gasteiger partial charge in [-0.1, -0.05) is 6.07 Å². The molecule has 1 aliphatic heterocycles. The van der Waals surface area contributed by atoms with Gasteiger partial charge in [0.05, 0.1) is 37.1 Å². The van der Waals surface area contributed by atoms with Gasteiger partial charge in [0.1, 0.15) is 6.10 Å². The van der Waals surface area contributed by atoms with Crippen molar-refractivity contribution < 1.29 is 19.1 Å². The number of benzene rings is 1. The quantitative estimate of drug-likeness (QED) is 0.834. The highest BCUT2D eigenvalue weighted by molar-refractivity contribution is 5.96. The summed E-state index contributed by atoms with van der Waals surface area (Å²) in [5.74, 6) is -0.382. The molecule has 7 nitrogen and oxygen atoms in total. The molecule has 1 saturated heterocycles. The van der Waals surface area contributed by atoms with E-state index in [9.17, 15) is 9.59 Å². The molecule has 2 heterocycles. The van der Waals surface area contributed by atoms with Gasteiger partial charge in [-0.25, -0.2) is 9.59 Å². The van der Waals surface area contributed by atoms with Crippen LogP contribution in [0.25, 0.3) is 5.69 Å². The van der Waals surface area contributed by atoms with Gasteiger partial charge in [0.2, 0.25) is 0 Å². The second-order valence-corrected chi connectivity index (χ2v) is 6.61. The van der Waals surface area contributed by atoms with Gasteiger partial charge in [0.15, 0.2) is 0 Å². The van der Waals surface area contributed by atoms with Crippen molar-refractivity contribution in [2.75, 3.05) is 25.1 Å². The maximum Gasteiger partial charge on any atom is 0.407 e. The van der Waals surface area contributed by atoms with Crippen LogP contribution in [0.15, 0.2) is 42.7 Å². The van der Waals surface area contributed by atoms with Crippen molar-refractivity contribution in [3.8, 4) is 5.69 Å². The number of carbonyl (C=O) groups is 2. The maximum absolute atomic E-state index is 12.2. The first-order chi connectivity index (χ1) is 12.7. The molecule has 1 saturated carbocycles. The summed E-state index contributed by atoms with van der Waals surface area (Å²) in [6.07, 6.45) is 5.36. The van der Waals surface area contributed by atoms with E-state index in [1.165, 1.54) is 7.11 Å². The average Bonchev–Trinajstić information content (AvgIpc) is 3.25. The van der Waals surface area contributed by atoms with Crippen LogP contribution in [-0.4, -0.2) is 49.0 Å². The summed E-state index contributed by atoms with van der Waals surface area (Å²) in [5, 5.41) is 2.83. The molecule has 7 heteroatoms. The smallest absolute Gasteiger partial charge is 0.407 e. The van der Waals surface area contributed by atoms with E-state index in [4.69, 9.17) is 9.47 Å². The lowest BCUT2D eigenvalue weighted by Crippen LogP contribution is -2.54. The molecular weight excluding hydrogens is 334 g/mol. The highest BCUT2D eigenvalue weighted by Gasteiger charge is 2.34. The molecule has 1 aromatic heterocycles. The molecule has 4 rings (SSSR count). The Morgan fingerprint density at radius 2 is 1.85 bits per heavy atom. The molecule has 136 valence electrons. The zero-order chi connectivity index (χ0) is 18.1.